The number of aliphatic hydroxyl groups excluding tert-OH is 1. The summed E-state index contributed by atoms with van der Waals surface area (Å²) in [5.41, 5.74) is -0.0923. The molecule has 5 nitrogen and oxygen atoms in total. The van der Waals surface area contributed by atoms with Crippen LogP contribution in [0.25, 0.3) is 0 Å². The molecule has 1 aromatic carbocycles. The van der Waals surface area contributed by atoms with Gasteiger partial charge in [-0.25, -0.2) is 12.8 Å². The Bertz CT molecular complexity index is 747. The molecule has 2 N–H and O–H groups in total. The van der Waals surface area contributed by atoms with Crippen LogP contribution < -0.4 is 4.72 Å². The molecule has 20 heavy (non-hydrogen) atoms. The smallest absolute Gasteiger partial charge is 0.266 e. The molecule has 0 atom stereocenters. The highest BCUT2D eigenvalue weighted by Crippen LogP contribution is 2.30. The molecular weight excluding hydrogens is 377 g/mol. The molecule has 1 heterocycles. The maximum Gasteiger partial charge on any atom is 0.266 e. The highest BCUT2D eigenvalue weighted by molar-refractivity contribution is 9.10. The van der Waals surface area contributed by atoms with Crippen LogP contribution in [-0.2, 0) is 16.6 Å². The van der Waals surface area contributed by atoms with Gasteiger partial charge in [-0.15, -0.1) is 0 Å². The molecule has 0 saturated heterocycles. The number of hydrogen-bond acceptors (Lipinski definition) is 4. The van der Waals surface area contributed by atoms with Crippen molar-refractivity contribution in [3.8, 4) is 0 Å². The maximum atomic E-state index is 13.1. The van der Waals surface area contributed by atoms with E-state index in [2.05, 4.69) is 20.7 Å². The molecule has 0 unspecified atom stereocenters. The van der Waals surface area contributed by atoms with Crippen molar-refractivity contribution in [2.24, 2.45) is 0 Å². The number of benzene rings is 1. The Labute approximate surface area is 127 Å². The van der Waals surface area contributed by atoms with Crippen LogP contribution in [-0.4, -0.2) is 13.5 Å². The first kappa shape index (κ1) is 15.3. The SMILES string of the molecule is O=S(=O)(Nc1cc(F)ccc1Cl)c1cc(CO)oc1Br. The summed E-state index contributed by atoms with van der Waals surface area (Å²) in [6.07, 6.45) is 0. The van der Waals surface area contributed by atoms with Crippen molar-refractivity contribution < 1.29 is 22.3 Å². The van der Waals surface area contributed by atoms with E-state index in [0.29, 0.717) is 0 Å². The lowest BCUT2D eigenvalue weighted by atomic mass is 10.3. The molecule has 0 fully saturated rings. The second-order valence-corrected chi connectivity index (χ2v) is 6.52. The average Bonchev–Trinajstić information content (AvgIpc) is 2.76. The number of halogens is 3. The number of sulfonamides is 1. The largest absolute Gasteiger partial charge is 0.450 e. The first-order valence-corrected chi connectivity index (χ1v) is 7.86. The van der Waals surface area contributed by atoms with Gasteiger partial charge in [-0.1, -0.05) is 11.6 Å². The summed E-state index contributed by atoms with van der Waals surface area (Å²) in [5, 5.41) is 8.96. The van der Waals surface area contributed by atoms with Crippen LogP contribution in [0.3, 0.4) is 0 Å². The van der Waals surface area contributed by atoms with Gasteiger partial charge in [-0.05, 0) is 34.1 Å². The topological polar surface area (TPSA) is 79.5 Å². The summed E-state index contributed by atoms with van der Waals surface area (Å²) in [6.45, 7) is -0.450. The first-order valence-electron chi connectivity index (χ1n) is 5.20. The van der Waals surface area contributed by atoms with E-state index in [1.54, 1.807) is 0 Å². The van der Waals surface area contributed by atoms with Gasteiger partial charge in [0.05, 0.1) is 10.7 Å². The molecule has 108 valence electrons. The van der Waals surface area contributed by atoms with Crippen LogP contribution in [0, 0.1) is 5.82 Å². The highest BCUT2D eigenvalue weighted by atomic mass is 79.9. The molecule has 1 aromatic heterocycles. The molecule has 0 amide bonds. The molecule has 0 bridgehead atoms. The van der Waals surface area contributed by atoms with Gasteiger partial charge in [-0.3, -0.25) is 4.72 Å². The van der Waals surface area contributed by atoms with E-state index in [0.717, 1.165) is 18.2 Å². The number of nitrogens with one attached hydrogen (secondary N) is 1. The van der Waals surface area contributed by atoms with E-state index < -0.39 is 22.4 Å². The van der Waals surface area contributed by atoms with Gasteiger partial charge in [0.1, 0.15) is 23.1 Å². The van der Waals surface area contributed by atoms with Crippen molar-refractivity contribution in [1.29, 1.82) is 0 Å². The van der Waals surface area contributed by atoms with Gasteiger partial charge in [0.2, 0.25) is 0 Å². The van der Waals surface area contributed by atoms with Crippen molar-refractivity contribution >= 4 is 43.2 Å². The molecular formula is C11H8BrClFNO4S. The van der Waals surface area contributed by atoms with Crippen LogP contribution in [0.15, 0.2) is 38.2 Å². The molecule has 0 aliphatic carbocycles. The Morgan fingerprint density at radius 1 is 1.40 bits per heavy atom. The normalized spacial score (nSPS) is 11.6. The van der Waals surface area contributed by atoms with Gasteiger partial charge < -0.3 is 9.52 Å². The average molecular weight is 385 g/mol. The van der Waals surface area contributed by atoms with Gasteiger partial charge in [0, 0.05) is 6.07 Å². The van der Waals surface area contributed by atoms with Gasteiger partial charge >= 0.3 is 0 Å². The predicted octanol–water partition coefficient (Wildman–Crippen LogP) is 3.13. The predicted molar refractivity (Wildman–Crippen MR) is 74.5 cm³/mol. The van der Waals surface area contributed by atoms with Gasteiger partial charge in [-0.2, -0.15) is 0 Å². The fourth-order valence-corrected chi connectivity index (χ4v) is 3.72. The van der Waals surface area contributed by atoms with E-state index in [-0.39, 0.29) is 26.0 Å². The Hall–Kier alpha value is -1.09. The van der Waals surface area contributed by atoms with E-state index in [9.17, 15) is 12.8 Å². The molecule has 0 spiro atoms. The monoisotopic (exact) mass is 383 g/mol. The highest BCUT2D eigenvalue weighted by Gasteiger charge is 2.23. The van der Waals surface area contributed by atoms with Crippen LogP contribution in [0.5, 0.6) is 0 Å². The lowest BCUT2D eigenvalue weighted by Crippen LogP contribution is -2.13. The maximum absolute atomic E-state index is 13.1. The third kappa shape index (κ3) is 3.14. The minimum absolute atomic E-state index is 0.0528. The Morgan fingerprint density at radius 2 is 2.10 bits per heavy atom. The summed E-state index contributed by atoms with van der Waals surface area (Å²) in [6, 6.07) is 4.45. The quantitative estimate of drug-likeness (QED) is 0.849. The van der Waals surface area contributed by atoms with E-state index in [4.69, 9.17) is 21.1 Å². The molecule has 2 rings (SSSR count). The second-order valence-electron chi connectivity index (χ2n) is 3.74. The number of hydrogen-bond donors (Lipinski definition) is 2. The molecule has 0 saturated carbocycles. The van der Waals surface area contributed by atoms with Crippen LogP contribution >= 0.6 is 27.5 Å². The molecule has 9 heteroatoms. The van der Waals surface area contributed by atoms with Crippen molar-refractivity contribution in [2.45, 2.75) is 11.5 Å². The third-order valence-corrected chi connectivity index (χ3v) is 4.88. The number of rotatable bonds is 4. The van der Waals surface area contributed by atoms with Crippen molar-refractivity contribution in [3.05, 3.63) is 45.5 Å². The summed E-state index contributed by atoms with van der Waals surface area (Å²) in [7, 11) is -4.03. The van der Waals surface area contributed by atoms with Crippen molar-refractivity contribution in [3.63, 3.8) is 0 Å². The van der Waals surface area contributed by atoms with Gasteiger partial charge in [0.25, 0.3) is 10.0 Å². The first-order chi connectivity index (χ1) is 9.33. The van der Waals surface area contributed by atoms with Crippen molar-refractivity contribution in [2.75, 3.05) is 4.72 Å². The zero-order chi connectivity index (χ0) is 14.9. The van der Waals surface area contributed by atoms with Crippen LogP contribution in [0.1, 0.15) is 5.76 Å². The number of aliphatic hydroxyl groups is 1. The Balaban J connectivity index is 2.40. The van der Waals surface area contributed by atoms with Gasteiger partial charge in [0.15, 0.2) is 4.67 Å². The zero-order valence-electron chi connectivity index (χ0n) is 9.73. The van der Waals surface area contributed by atoms with E-state index in [1.807, 2.05) is 0 Å². The fourth-order valence-electron chi connectivity index (χ4n) is 1.43. The summed E-state index contributed by atoms with van der Waals surface area (Å²) >= 11 is 8.73. The lowest BCUT2D eigenvalue weighted by molar-refractivity contribution is 0.245. The third-order valence-electron chi connectivity index (χ3n) is 2.32. The Morgan fingerprint density at radius 3 is 2.70 bits per heavy atom. The minimum Gasteiger partial charge on any atom is -0.450 e. The summed E-state index contributed by atoms with van der Waals surface area (Å²) < 4.78 is 44.5. The zero-order valence-corrected chi connectivity index (χ0v) is 12.9. The van der Waals surface area contributed by atoms with Crippen LogP contribution in [0.4, 0.5) is 10.1 Å². The fraction of sp³-hybridized carbons (Fsp3) is 0.0909. The summed E-state index contributed by atoms with van der Waals surface area (Å²) in [5.74, 6) is -0.558. The molecule has 0 aliphatic rings. The second kappa shape index (κ2) is 5.72. The Kier molecular flexibility index (Phi) is 4.38. The molecule has 0 radical (unpaired) electrons. The lowest BCUT2D eigenvalue weighted by Gasteiger charge is -2.08. The summed E-state index contributed by atoms with van der Waals surface area (Å²) in [4.78, 5) is -0.220. The van der Waals surface area contributed by atoms with Crippen molar-refractivity contribution in [1.82, 2.24) is 0 Å². The van der Waals surface area contributed by atoms with Crippen LogP contribution in [0.2, 0.25) is 5.02 Å². The minimum atomic E-state index is -4.03. The standard InChI is InChI=1S/C11H8BrClFNO4S/c12-11-10(4-7(5-16)19-11)20(17,18)15-9-3-6(14)1-2-8(9)13/h1-4,15-16H,5H2. The number of anilines is 1. The molecule has 2 aromatic rings. The number of furan rings is 1. The van der Waals surface area contributed by atoms with E-state index in [1.165, 1.54) is 6.07 Å². The van der Waals surface area contributed by atoms with E-state index >= 15 is 0 Å². The molecule has 0 aliphatic heterocycles.